The number of hydrogen-bond acceptors (Lipinski definition) is 2. The van der Waals surface area contributed by atoms with E-state index in [1.54, 1.807) is 0 Å². The third kappa shape index (κ3) is 3.22. The van der Waals surface area contributed by atoms with Crippen molar-refractivity contribution in [1.29, 1.82) is 0 Å². The third-order valence-electron chi connectivity index (χ3n) is 3.16. The average molecular weight is 257 g/mol. The van der Waals surface area contributed by atoms with Gasteiger partial charge in [-0.3, -0.25) is 4.79 Å². The van der Waals surface area contributed by atoms with E-state index in [1.165, 1.54) is 0 Å². The fourth-order valence-electron chi connectivity index (χ4n) is 2.09. The van der Waals surface area contributed by atoms with Gasteiger partial charge in [0.25, 0.3) is 5.91 Å². The molecule has 100 valence electrons. The van der Waals surface area contributed by atoms with Crippen molar-refractivity contribution >= 4 is 5.91 Å². The van der Waals surface area contributed by atoms with Crippen LogP contribution in [0.25, 0.3) is 0 Å². The fourth-order valence-corrected chi connectivity index (χ4v) is 2.09. The molecule has 0 atom stereocenters. The largest absolute Gasteiger partial charge is 0.350 e. The standard InChI is InChI=1S/C15H19N3O/c1-11-5-4-6-14(9-11)15(19)16-7-8-18-12(2)10-17-13(18)3/h4-6,9-10H,7-8H2,1-3H3,(H,16,19). The highest BCUT2D eigenvalue weighted by atomic mass is 16.1. The highest BCUT2D eigenvalue weighted by Crippen LogP contribution is 2.04. The van der Waals surface area contributed by atoms with Crippen molar-refractivity contribution in [3.63, 3.8) is 0 Å². The summed E-state index contributed by atoms with van der Waals surface area (Å²) in [5.74, 6) is 0.946. The Morgan fingerprint density at radius 2 is 2.11 bits per heavy atom. The molecule has 0 aliphatic carbocycles. The lowest BCUT2D eigenvalue weighted by atomic mass is 10.1. The van der Waals surface area contributed by atoms with E-state index < -0.39 is 0 Å². The maximum Gasteiger partial charge on any atom is 0.251 e. The van der Waals surface area contributed by atoms with Gasteiger partial charge in [-0.05, 0) is 32.9 Å². The molecular weight excluding hydrogens is 238 g/mol. The summed E-state index contributed by atoms with van der Waals surface area (Å²) in [5, 5.41) is 2.93. The van der Waals surface area contributed by atoms with Crippen molar-refractivity contribution in [3.8, 4) is 0 Å². The van der Waals surface area contributed by atoms with Crippen LogP contribution in [0.5, 0.6) is 0 Å². The minimum Gasteiger partial charge on any atom is -0.350 e. The molecule has 1 aromatic heterocycles. The zero-order valence-corrected chi connectivity index (χ0v) is 11.6. The van der Waals surface area contributed by atoms with Crippen LogP contribution in [0.1, 0.15) is 27.4 Å². The molecule has 0 aliphatic rings. The summed E-state index contributed by atoms with van der Waals surface area (Å²) in [6, 6.07) is 7.60. The van der Waals surface area contributed by atoms with Gasteiger partial charge in [-0.2, -0.15) is 0 Å². The van der Waals surface area contributed by atoms with E-state index in [0.717, 1.165) is 23.6 Å². The molecule has 0 aliphatic heterocycles. The Morgan fingerprint density at radius 1 is 1.32 bits per heavy atom. The Labute approximate surface area is 113 Å². The number of hydrogen-bond donors (Lipinski definition) is 1. The summed E-state index contributed by atoms with van der Waals surface area (Å²) in [6.45, 7) is 7.31. The van der Waals surface area contributed by atoms with Crippen molar-refractivity contribution in [2.75, 3.05) is 6.54 Å². The van der Waals surface area contributed by atoms with Gasteiger partial charge in [0.2, 0.25) is 0 Å². The third-order valence-corrected chi connectivity index (χ3v) is 3.16. The molecule has 2 rings (SSSR count). The van der Waals surface area contributed by atoms with Crippen LogP contribution >= 0.6 is 0 Å². The summed E-state index contributed by atoms with van der Waals surface area (Å²) in [4.78, 5) is 16.2. The molecule has 4 heteroatoms. The maximum atomic E-state index is 12.0. The number of rotatable bonds is 4. The van der Waals surface area contributed by atoms with Crippen LogP contribution in [0.4, 0.5) is 0 Å². The second kappa shape index (κ2) is 5.69. The minimum atomic E-state index is -0.0286. The lowest BCUT2D eigenvalue weighted by Gasteiger charge is -2.09. The number of benzene rings is 1. The molecule has 1 N–H and O–H groups in total. The molecule has 1 aromatic carbocycles. The Kier molecular flexibility index (Phi) is 4.00. The summed E-state index contributed by atoms with van der Waals surface area (Å²) in [7, 11) is 0. The highest BCUT2D eigenvalue weighted by Gasteiger charge is 2.06. The first-order chi connectivity index (χ1) is 9.08. The minimum absolute atomic E-state index is 0.0286. The molecule has 0 saturated heterocycles. The van der Waals surface area contributed by atoms with Gasteiger partial charge < -0.3 is 9.88 Å². The Bertz CT molecular complexity index is 567. The van der Waals surface area contributed by atoms with Crippen molar-refractivity contribution in [2.24, 2.45) is 0 Å². The average Bonchev–Trinajstić information content (AvgIpc) is 2.70. The van der Waals surface area contributed by atoms with Crippen LogP contribution < -0.4 is 5.32 Å². The number of amides is 1. The van der Waals surface area contributed by atoms with Gasteiger partial charge in [0, 0.05) is 30.5 Å². The van der Waals surface area contributed by atoms with E-state index in [0.29, 0.717) is 12.1 Å². The first kappa shape index (κ1) is 13.3. The summed E-state index contributed by atoms with van der Waals surface area (Å²) >= 11 is 0. The lowest BCUT2D eigenvalue weighted by molar-refractivity contribution is 0.0952. The number of aryl methyl sites for hydroxylation is 3. The predicted octanol–water partition coefficient (Wildman–Crippen LogP) is 2.24. The fraction of sp³-hybridized carbons (Fsp3) is 0.333. The van der Waals surface area contributed by atoms with Crippen molar-refractivity contribution in [1.82, 2.24) is 14.9 Å². The summed E-state index contributed by atoms with van der Waals surface area (Å²) in [5.41, 5.74) is 2.91. The van der Waals surface area contributed by atoms with Crippen LogP contribution in [0.15, 0.2) is 30.5 Å². The normalized spacial score (nSPS) is 10.5. The van der Waals surface area contributed by atoms with E-state index in [4.69, 9.17) is 0 Å². The van der Waals surface area contributed by atoms with Gasteiger partial charge in [0.05, 0.1) is 0 Å². The Hall–Kier alpha value is -2.10. The zero-order valence-electron chi connectivity index (χ0n) is 11.6. The van der Waals surface area contributed by atoms with Crippen LogP contribution in [-0.2, 0) is 6.54 Å². The molecule has 4 nitrogen and oxygen atoms in total. The number of aromatic nitrogens is 2. The second-order valence-corrected chi connectivity index (χ2v) is 4.72. The topological polar surface area (TPSA) is 46.9 Å². The molecule has 1 heterocycles. The van der Waals surface area contributed by atoms with E-state index >= 15 is 0 Å². The molecular formula is C15H19N3O. The number of imidazole rings is 1. The Balaban J connectivity index is 1.91. The molecule has 0 saturated carbocycles. The first-order valence-electron chi connectivity index (χ1n) is 6.41. The van der Waals surface area contributed by atoms with Crippen LogP contribution in [-0.4, -0.2) is 22.0 Å². The molecule has 1 amide bonds. The van der Waals surface area contributed by atoms with Crippen molar-refractivity contribution in [2.45, 2.75) is 27.3 Å². The molecule has 2 aromatic rings. The van der Waals surface area contributed by atoms with E-state index in [1.807, 2.05) is 51.2 Å². The number of nitrogens with one attached hydrogen (secondary N) is 1. The van der Waals surface area contributed by atoms with Crippen LogP contribution in [0, 0.1) is 20.8 Å². The summed E-state index contributed by atoms with van der Waals surface area (Å²) < 4.78 is 2.09. The lowest BCUT2D eigenvalue weighted by Crippen LogP contribution is -2.27. The van der Waals surface area contributed by atoms with Crippen LogP contribution in [0.2, 0.25) is 0 Å². The van der Waals surface area contributed by atoms with Gasteiger partial charge >= 0.3 is 0 Å². The van der Waals surface area contributed by atoms with Gasteiger partial charge in [-0.25, -0.2) is 4.98 Å². The molecule has 0 fully saturated rings. The summed E-state index contributed by atoms with van der Waals surface area (Å²) in [6.07, 6.45) is 1.84. The second-order valence-electron chi connectivity index (χ2n) is 4.72. The van der Waals surface area contributed by atoms with E-state index in [9.17, 15) is 4.79 Å². The molecule has 0 unspecified atom stereocenters. The molecule has 19 heavy (non-hydrogen) atoms. The molecule has 0 radical (unpaired) electrons. The Morgan fingerprint density at radius 3 is 2.74 bits per heavy atom. The smallest absolute Gasteiger partial charge is 0.251 e. The van der Waals surface area contributed by atoms with Crippen molar-refractivity contribution < 1.29 is 4.79 Å². The van der Waals surface area contributed by atoms with Crippen LogP contribution in [0.3, 0.4) is 0 Å². The van der Waals surface area contributed by atoms with Gasteiger partial charge in [-0.15, -0.1) is 0 Å². The molecule has 0 bridgehead atoms. The van der Waals surface area contributed by atoms with Gasteiger partial charge in [-0.1, -0.05) is 17.7 Å². The first-order valence-corrected chi connectivity index (χ1v) is 6.41. The monoisotopic (exact) mass is 257 g/mol. The number of nitrogens with zero attached hydrogens (tertiary/aromatic N) is 2. The van der Waals surface area contributed by atoms with Crippen molar-refractivity contribution in [3.05, 3.63) is 53.1 Å². The number of carbonyl (C=O) groups excluding carboxylic acids is 1. The quantitative estimate of drug-likeness (QED) is 0.913. The number of carbonyl (C=O) groups is 1. The van der Waals surface area contributed by atoms with E-state index in [2.05, 4.69) is 14.9 Å². The van der Waals surface area contributed by atoms with E-state index in [-0.39, 0.29) is 5.91 Å². The predicted molar refractivity (Wildman–Crippen MR) is 75.2 cm³/mol. The van der Waals surface area contributed by atoms with Gasteiger partial charge in [0.15, 0.2) is 0 Å². The SMILES string of the molecule is Cc1cccc(C(=O)NCCn2c(C)cnc2C)c1. The van der Waals surface area contributed by atoms with Gasteiger partial charge in [0.1, 0.15) is 5.82 Å². The maximum absolute atomic E-state index is 12.0. The zero-order chi connectivity index (χ0) is 13.8. The molecule has 0 spiro atoms. The highest BCUT2D eigenvalue weighted by molar-refractivity contribution is 5.94.